The molecule has 3 N–H and O–H groups in total. The fourth-order valence-corrected chi connectivity index (χ4v) is 2.61. The molecule has 0 saturated heterocycles. The molecule has 0 aliphatic carbocycles. The van der Waals surface area contributed by atoms with Gasteiger partial charge in [-0.2, -0.15) is 0 Å². The number of anilines is 1. The number of carbonyl (C=O) groups is 1. The number of guanidine groups is 1. The van der Waals surface area contributed by atoms with Crippen LogP contribution in [-0.2, 0) is 22.4 Å². The molecule has 0 saturated carbocycles. The topological polar surface area (TPSA) is 76.7 Å². The molecule has 0 amide bonds. The van der Waals surface area contributed by atoms with Crippen molar-refractivity contribution in [2.24, 2.45) is 10.7 Å². The number of nitrogens with one attached hydrogen (secondary N) is 1. The number of unbranched alkanes of at least 4 members (excludes halogenated alkanes) is 3. The standard InChI is InChI=1S/C19H31N3O2/c1-4-15-11-10-12-16(5-2)18(15)22-19(20)21-14-9-7-6-8-13-17(23)24-3/h10-12H,4-9,13-14H2,1-3H3,(H3,20,21,22). The minimum atomic E-state index is -0.136. The van der Waals surface area contributed by atoms with Crippen molar-refractivity contribution in [3.8, 4) is 0 Å². The van der Waals surface area contributed by atoms with Crippen LogP contribution in [0.1, 0.15) is 57.1 Å². The molecule has 134 valence electrons. The lowest BCUT2D eigenvalue weighted by atomic mass is 10.0. The molecule has 0 unspecified atom stereocenters. The van der Waals surface area contributed by atoms with Crippen LogP contribution in [0.25, 0.3) is 0 Å². The highest BCUT2D eigenvalue weighted by atomic mass is 16.5. The van der Waals surface area contributed by atoms with Crippen molar-refractivity contribution in [2.75, 3.05) is 19.0 Å². The van der Waals surface area contributed by atoms with Crippen LogP contribution in [0.4, 0.5) is 5.69 Å². The summed E-state index contributed by atoms with van der Waals surface area (Å²) >= 11 is 0. The number of hydrogen-bond donors (Lipinski definition) is 2. The number of nitrogens with two attached hydrogens (primary N) is 1. The Morgan fingerprint density at radius 1 is 1.12 bits per heavy atom. The fourth-order valence-electron chi connectivity index (χ4n) is 2.61. The van der Waals surface area contributed by atoms with E-state index in [2.05, 4.69) is 47.1 Å². The fraction of sp³-hybridized carbons (Fsp3) is 0.579. The SMILES string of the molecule is CCc1cccc(CC)c1NC(N)=NCCCCCCC(=O)OC. The molecule has 1 aromatic carbocycles. The molecule has 0 aliphatic rings. The van der Waals surface area contributed by atoms with Crippen molar-refractivity contribution >= 4 is 17.6 Å². The molecular weight excluding hydrogens is 302 g/mol. The summed E-state index contributed by atoms with van der Waals surface area (Å²) in [6.45, 7) is 4.98. The Bertz CT molecular complexity index is 519. The number of benzene rings is 1. The van der Waals surface area contributed by atoms with Crippen LogP contribution >= 0.6 is 0 Å². The summed E-state index contributed by atoms with van der Waals surface area (Å²) in [4.78, 5) is 15.4. The van der Waals surface area contributed by atoms with Crippen molar-refractivity contribution in [1.82, 2.24) is 0 Å². The zero-order valence-electron chi connectivity index (χ0n) is 15.2. The molecule has 0 aromatic heterocycles. The Hall–Kier alpha value is -2.04. The van der Waals surface area contributed by atoms with Gasteiger partial charge in [-0.15, -0.1) is 0 Å². The second kappa shape index (κ2) is 11.5. The maximum Gasteiger partial charge on any atom is 0.305 e. The number of aliphatic imine (C=N–C) groups is 1. The van der Waals surface area contributed by atoms with Gasteiger partial charge in [0.05, 0.1) is 7.11 Å². The predicted octanol–water partition coefficient (Wildman–Crippen LogP) is 3.66. The van der Waals surface area contributed by atoms with Crippen LogP contribution < -0.4 is 11.1 Å². The first kappa shape index (κ1) is 20.0. The molecule has 0 heterocycles. The van der Waals surface area contributed by atoms with Gasteiger partial charge in [-0.3, -0.25) is 9.79 Å². The second-order valence-electron chi connectivity index (χ2n) is 5.79. The van der Waals surface area contributed by atoms with Crippen molar-refractivity contribution in [3.63, 3.8) is 0 Å². The molecule has 0 atom stereocenters. The van der Waals surface area contributed by atoms with Gasteiger partial charge in [0, 0.05) is 18.7 Å². The first-order valence-electron chi connectivity index (χ1n) is 8.86. The molecule has 0 fully saturated rings. The highest BCUT2D eigenvalue weighted by Gasteiger charge is 2.06. The second-order valence-corrected chi connectivity index (χ2v) is 5.79. The van der Waals surface area contributed by atoms with E-state index in [0.717, 1.165) is 44.2 Å². The van der Waals surface area contributed by atoms with Crippen molar-refractivity contribution < 1.29 is 9.53 Å². The molecule has 5 heteroatoms. The third-order valence-electron chi connectivity index (χ3n) is 4.05. The molecule has 1 rings (SSSR count). The number of esters is 1. The Kier molecular flexibility index (Phi) is 9.58. The highest BCUT2D eigenvalue weighted by molar-refractivity contribution is 5.93. The van der Waals surface area contributed by atoms with Gasteiger partial charge in [0.1, 0.15) is 0 Å². The Morgan fingerprint density at radius 3 is 2.33 bits per heavy atom. The van der Waals surface area contributed by atoms with E-state index in [0.29, 0.717) is 18.9 Å². The van der Waals surface area contributed by atoms with E-state index in [4.69, 9.17) is 5.73 Å². The molecule has 0 spiro atoms. The summed E-state index contributed by atoms with van der Waals surface area (Å²) in [6, 6.07) is 6.33. The molecule has 1 aromatic rings. The van der Waals surface area contributed by atoms with Crippen molar-refractivity contribution in [2.45, 2.75) is 58.8 Å². The zero-order chi connectivity index (χ0) is 17.8. The third kappa shape index (κ3) is 7.02. The maximum atomic E-state index is 11.0. The number of hydrogen-bond acceptors (Lipinski definition) is 3. The highest BCUT2D eigenvalue weighted by Crippen LogP contribution is 2.22. The van der Waals surface area contributed by atoms with Gasteiger partial charge in [-0.25, -0.2) is 0 Å². The quantitative estimate of drug-likeness (QED) is 0.296. The first-order chi connectivity index (χ1) is 11.6. The van der Waals surface area contributed by atoms with E-state index in [1.807, 2.05) is 0 Å². The summed E-state index contributed by atoms with van der Waals surface area (Å²) < 4.78 is 4.62. The third-order valence-corrected chi connectivity index (χ3v) is 4.05. The molecule has 0 bridgehead atoms. The van der Waals surface area contributed by atoms with Crippen LogP contribution in [0.2, 0.25) is 0 Å². The lowest BCUT2D eigenvalue weighted by Gasteiger charge is -2.14. The predicted molar refractivity (Wildman–Crippen MR) is 100 cm³/mol. The van der Waals surface area contributed by atoms with Gasteiger partial charge in [-0.05, 0) is 36.8 Å². The Morgan fingerprint density at radius 2 is 1.75 bits per heavy atom. The summed E-state index contributed by atoms with van der Waals surface area (Å²) in [5, 5.41) is 3.27. The van der Waals surface area contributed by atoms with Crippen molar-refractivity contribution in [3.05, 3.63) is 29.3 Å². The smallest absolute Gasteiger partial charge is 0.305 e. The number of ether oxygens (including phenoxy) is 1. The van der Waals surface area contributed by atoms with Crippen LogP contribution in [-0.4, -0.2) is 25.6 Å². The lowest BCUT2D eigenvalue weighted by molar-refractivity contribution is -0.140. The summed E-state index contributed by atoms with van der Waals surface area (Å²) in [6.07, 6.45) is 6.31. The summed E-state index contributed by atoms with van der Waals surface area (Å²) in [5.41, 5.74) is 9.65. The van der Waals surface area contributed by atoms with Crippen LogP contribution in [0.5, 0.6) is 0 Å². The zero-order valence-corrected chi connectivity index (χ0v) is 15.2. The van der Waals surface area contributed by atoms with E-state index in [9.17, 15) is 4.79 Å². The van der Waals surface area contributed by atoms with E-state index in [1.165, 1.54) is 18.2 Å². The van der Waals surface area contributed by atoms with Gasteiger partial charge in [0.25, 0.3) is 0 Å². The van der Waals surface area contributed by atoms with Crippen LogP contribution in [0.15, 0.2) is 23.2 Å². The number of para-hydroxylation sites is 1. The lowest BCUT2D eigenvalue weighted by Crippen LogP contribution is -2.24. The van der Waals surface area contributed by atoms with Gasteiger partial charge < -0.3 is 15.8 Å². The van der Waals surface area contributed by atoms with E-state index in [-0.39, 0.29) is 5.97 Å². The molecular formula is C19H31N3O2. The average Bonchev–Trinajstić information content (AvgIpc) is 2.60. The molecule has 24 heavy (non-hydrogen) atoms. The largest absolute Gasteiger partial charge is 0.469 e. The number of carbonyl (C=O) groups excluding carboxylic acids is 1. The normalized spacial score (nSPS) is 11.4. The summed E-state index contributed by atoms with van der Waals surface area (Å²) in [7, 11) is 1.42. The molecule has 0 aliphatic heterocycles. The first-order valence-corrected chi connectivity index (χ1v) is 8.86. The van der Waals surface area contributed by atoms with Crippen LogP contribution in [0.3, 0.4) is 0 Å². The van der Waals surface area contributed by atoms with E-state index < -0.39 is 0 Å². The Labute approximate surface area is 145 Å². The van der Waals surface area contributed by atoms with E-state index in [1.54, 1.807) is 0 Å². The van der Waals surface area contributed by atoms with Gasteiger partial charge in [0.15, 0.2) is 5.96 Å². The molecule has 5 nitrogen and oxygen atoms in total. The number of nitrogens with zero attached hydrogens (tertiary/aromatic N) is 1. The van der Waals surface area contributed by atoms with Gasteiger partial charge >= 0.3 is 5.97 Å². The number of methoxy groups -OCH3 is 1. The average molecular weight is 333 g/mol. The number of aryl methyl sites for hydroxylation is 2. The minimum absolute atomic E-state index is 0.136. The number of rotatable bonds is 10. The van der Waals surface area contributed by atoms with Crippen molar-refractivity contribution in [1.29, 1.82) is 0 Å². The van der Waals surface area contributed by atoms with Gasteiger partial charge in [0.2, 0.25) is 0 Å². The minimum Gasteiger partial charge on any atom is -0.469 e. The monoisotopic (exact) mass is 333 g/mol. The maximum absolute atomic E-state index is 11.0. The summed E-state index contributed by atoms with van der Waals surface area (Å²) in [5.74, 6) is 0.336. The van der Waals surface area contributed by atoms with Gasteiger partial charge in [-0.1, -0.05) is 44.9 Å². The Balaban J connectivity index is 2.39. The van der Waals surface area contributed by atoms with E-state index >= 15 is 0 Å². The van der Waals surface area contributed by atoms with Crippen LogP contribution in [0, 0.1) is 0 Å². The molecule has 0 radical (unpaired) electrons.